The van der Waals surface area contributed by atoms with E-state index in [1.807, 2.05) is 0 Å². The molecule has 0 aliphatic carbocycles. The highest BCUT2D eigenvalue weighted by atomic mass is 16.6. The Morgan fingerprint density at radius 2 is 0.563 bits per heavy atom. The molecule has 0 rings (SSSR count). The smallest absolute Gasteiger partial charge is 0.306 e. The summed E-state index contributed by atoms with van der Waals surface area (Å²) in [4.78, 5) is 38.1. The van der Waals surface area contributed by atoms with Gasteiger partial charge in [0.1, 0.15) is 13.2 Å². The van der Waals surface area contributed by atoms with Gasteiger partial charge in [0.25, 0.3) is 0 Å². The molecular weight excluding hydrogens is 877 g/mol. The summed E-state index contributed by atoms with van der Waals surface area (Å²) in [6, 6.07) is 0. The zero-order valence-electron chi connectivity index (χ0n) is 45.7. The van der Waals surface area contributed by atoms with Crippen LogP contribution < -0.4 is 0 Å². The van der Waals surface area contributed by atoms with Crippen LogP contribution in [0.4, 0.5) is 0 Å². The van der Waals surface area contributed by atoms with E-state index in [0.717, 1.165) is 128 Å². The van der Waals surface area contributed by atoms with Crippen molar-refractivity contribution in [1.82, 2.24) is 0 Å². The molecule has 400 valence electrons. The minimum atomic E-state index is -0.818. The summed E-state index contributed by atoms with van der Waals surface area (Å²) >= 11 is 0. The molecule has 0 saturated heterocycles. The quantitative estimate of drug-likeness (QED) is 0.0262. The minimum absolute atomic E-state index is 0.109. The third-order valence-electron chi connectivity index (χ3n) is 11.7. The molecule has 0 amide bonds. The Bertz CT molecular complexity index is 1550. The zero-order valence-corrected chi connectivity index (χ0v) is 45.7. The molecule has 0 radical (unpaired) electrons. The van der Waals surface area contributed by atoms with Crippen molar-refractivity contribution in [2.24, 2.45) is 0 Å². The normalized spacial score (nSPS) is 13.1. The Balaban J connectivity index is 4.52. The molecule has 1 atom stereocenters. The summed E-state index contributed by atoms with van der Waals surface area (Å²) in [5, 5.41) is 0. The van der Waals surface area contributed by atoms with Crippen LogP contribution >= 0.6 is 0 Å². The molecule has 0 aromatic carbocycles. The number of ether oxygens (including phenoxy) is 3. The number of hydrogen-bond acceptors (Lipinski definition) is 6. The standard InChI is InChI=1S/C65H104O6/c1-4-7-10-13-16-19-22-25-27-29-30-31-32-33-34-36-37-40-43-46-49-52-55-58-64(67)70-61-62(60-69-63(66)57-54-51-48-45-42-39-24-21-18-15-12-9-6-3)71-65(68)59-56-53-50-47-44-41-38-35-28-26-23-20-17-14-11-8-5-2/h7-8,10-11,16-17,19-20,25-28,30-31,33-34,37-38,40-41,46,49,62H,4-6,9,12-15,18,21-24,29,32,35-36,39,42-45,47-48,50-61H2,1-3H3/b10-7-,11-8-,19-16-,20-17-,27-25-,28-26-,31-30-,34-33-,40-37-,41-38-,49-46-. The van der Waals surface area contributed by atoms with E-state index in [9.17, 15) is 14.4 Å². The van der Waals surface area contributed by atoms with Gasteiger partial charge in [-0.15, -0.1) is 0 Å². The summed E-state index contributed by atoms with van der Waals surface area (Å²) in [6.07, 6.45) is 81.6. The van der Waals surface area contributed by atoms with Gasteiger partial charge < -0.3 is 14.2 Å². The maximum atomic E-state index is 12.8. The average Bonchev–Trinajstić information content (AvgIpc) is 3.37. The van der Waals surface area contributed by atoms with Gasteiger partial charge in [-0.25, -0.2) is 0 Å². The highest BCUT2D eigenvalue weighted by Gasteiger charge is 2.19. The lowest BCUT2D eigenvalue weighted by Crippen LogP contribution is -2.30. The number of rotatable bonds is 50. The fraction of sp³-hybridized carbons (Fsp3) is 0.615. The average molecular weight is 982 g/mol. The van der Waals surface area contributed by atoms with Crippen LogP contribution in [0.5, 0.6) is 0 Å². The lowest BCUT2D eigenvalue weighted by atomic mass is 10.0. The van der Waals surface area contributed by atoms with E-state index in [1.165, 1.54) is 64.2 Å². The predicted octanol–water partition coefficient (Wildman–Crippen LogP) is 19.4. The molecule has 0 saturated carbocycles. The summed E-state index contributed by atoms with van der Waals surface area (Å²) in [6.45, 7) is 6.34. The first kappa shape index (κ1) is 66.6. The van der Waals surface area contributed by atoms with Crippen LogP contribution in [0.15, 0.2) is 134 Å². The predicted molar refractivity (Wildman–Crippen MR) is 306 cm³/mol. The number of allylic oxidation sites excluding steroid dienone is 22. The Hall–Kier alpha value is -4.45. The van der Waals surface area contributed by atoms with Crippen LogP contribution in [0, 0.1) is 0 Å². The molecule has 71 heavy (non-hydrogen) atoms. The topological polar surface area (TPSA) is 78.9 Å². The Kier molecular flexibility index (Phi) is 54.5. The molecule has 0 spiro atoms. The molecule has 0 aliphatic rings. The molecule has 0 aromatic heterocycles. The van der Waals surface area contributed by atoms with E-state index < -0.39 is 6.10 Å². The highest BCUT2D eigenvalue weighted by Crippen LogP contribution is 2.14. The van der Waals surface area contributed by atoms with Crippen LogP contribution in [-0.2, 0) is 28.6 Å². The number of carbonyl (C=O) groups excluding carboxylic acids is 3. The largest absolute Gasteiger partial charge is 0.462 e. The number of unbranched alkanes of at least 4 members (excludes halogenated alkanes) is 17. The fourth-order valence-electron chi connectivity index (χ4n) is 7.42. The third-order valence-corrected chi connectivity index (χ3v) is 11.7. The Morgan fingerprint density at radius 3 is 0.915 bits per heavy atom. The maximum absolute atomic E-state index is 12.8. The summed E-state index contributed by atoms with van der Waals surface area (Å²) in [7, 11) is 0. The van der Waals surface area contributed by atoms with Gasteiger partial charge in [-0.05, 0) is 109 Å². The Morgan fingerprint density at radius 1 is 0.296 bits per heavy atom. The second kappa shape index (κ2) is 58.1. The van der Waals surface area contributed by atoms with Crippen molar-refractivity contribution in [2.45, 2.75) is 245 Å². The van der Waals surface area contributed by atoms with Gasteiger partial charge in [0.05, 0.1) is 0 Å². The van der Waals surface area contributed by atoms with E-state index in [-0.39, 0.29) is 44.0 Å². The molecule has 1 unspecified atom stereocenters. The highest BCUT2D eigenvalue weighted by molar-refractivity contribution is 5.71. The molecular formula is C65H104O6. The molecule has 0 fully saturated rings. The van der Waals surface area contributed by atoms with Gasteiger partial charge >= 0.3 is 17.9 Å². The van der Waals surface area contributed by atoms with Crippen LogP contribution in [0.2, 0.25) is 0 Å². The molecule has 6 heteroatoms. The van der Waals surface area contributed by atoms with Crippen molar-refractivity contribution in [2.75, 3.05) is 13.2 Å². The van der Waals surface area contributed by atoms with E-state index >= 15 is 0 Å². The summed E-state index contributed by atoms with van der Waals surface area (Å²) in [5.74, 6) is -0.998. The van der Waals surface area contributed by atoms with Crippen LogP contribution in [-0.4, -0.2) is 37.2 Å². The number of hydrogen-bond donors (Lipinski definition) is 0. The number of esters is 3. The third kappa shape index (κ3) is 56.3. The van der Waals surface area contributed by atoms with Crippen LogP contribution in [0.3, 0.4) is 0 Å². The molecule has 0 aromatic rings. The lowest BCUT2D eigenvalue weighted by Gasteiger charge is -2.18. The zero-order chi connectivity index (χ0) is 51.4. The first-order valence-corrected chi connectivity index (χ1v) is 28.7. The molecule has 0 heterocycles. The summed E-state index contributed by atoms with van der Waals surface area (Å²) in [5.41, 5.74) is 0. The second-order valence-corrected chi connectivity index (χ2v) is 18.4. The fourth-order valence-corrected chi connectivity index (χ4v) is 7.42. The van der Waals surface area contributed by atoms with Gasteiger partial charge in [-0.3, -0.25) is 14.4 Å². The lowest BCUT2D eigenvalue weighted by molar-refractivity contribution is -0.167. The SMILES string of the molecule is CC/C=C\C/C=C\C/C=C\C/C=C\C/C=C\C/C=C\C/C=C\CCCC(=O)OCC(COC(=O)CCCCCCCCCCCCCCC)OC(=O)CCCCCC/C=C\C/C=C\C/C=C\C/C=C\CC. The van der Waals surface area contributed by atoms with Crippen molar-refractivity contribution in [3.8, 4) is 0 Å². The minimum Gasteiger partial charge on any atom is -0.462 e. The van der Waals surface area contributed by atoms with Crippen molar-refractivity contribution >= 4 is 17.9 Å². The van der Waals surface area contributed by atoms with E-state index in [2.05, 4.69) is 154 Å². The molecule has 0 aliphatic heterocycles. The van der Waals surface area contributed by atoms with Crippen LogP contribution in [0.25, 0.3) is 0 Å². The Labute approximate surface area is 436 Å². The van der Waals surface area contributed by atoms with Gasteiger partial charge in [0, 0.05) is 19.3 Å². The van der Waals surface area contributed by atoms with Crippen molar-refractivity contribution in [3.63, 3.8) is 0 Å². The van der Waals surface area contributed by atoms with Gasteiger partial charge in [0.2, 0.25) is 0 Å². The van der Waals surface area contributed by atoms with Crippen molar-refractivity contribution in [3.05, 3.63) is 134 Å². The van der Waals surface area contributed by atoms with Gasteiger partial charge in [0.15, 0.2) is 6.10 Å². The molecule has 6 nitrogen and oxygen atoms in total. The summed E-state index contributed by atoms with van der Waals surface area (Å²) < 4.78 is 16.8. The second-order valence-electron chi connectivity index (χ2n) is 18.4. The molecule has 0 bridgehead atoms. The monoisotopic (exact) mass is 981 g/mol. The van der Waals surface area contributed by atoms with Gasteiger partial charge in [-0.1, -0.05) is 244 Å². The van der Waals surface area contributed by atoms with Gasteiger partial charge in [-0.2, -0.15) is 0 Å². The first-order valence-electron chi connectivity index (χ1n) is 28.7. The van der Waals surface area contributed by atoms with Crippen molar-refractivity contribution < 1.29 is 28.6 Å². The van der Waals surface area contributed by atoms with E-state index in [4.69, 9.17) is 14.2 Å². The van der Waals surface area contributed by atoms with Crippen LogP contribution in [0.1, 0.15) is 239 Å². The number of carbonyl (C=O) groups is 3. The van der Waals surface area contributed by atoms with E-state index in [0.29, 0.717) is 12.8 Å². The maximum Gasteiger partial charge on any atom is 0.306 e. The molecule has 0 N–H and O–H groups in total. The first-order chi connectivity index (χ1) is 35.0. The van der Waals surface area contributed by atoms with E-state index in [1.54, 1.807) is 0 Å². The van der Waals surface area contributed by atoms with Crippen molar-refractivity contribution in [1.29, 1.82) is 0 Å².